The van der Waals surface area contributed by atoms with E-state index in [-0.39, 0.29) is 18.1 Å². The van der Waals surface area contributed by atoms with Gasteiger partial charge in [0.2, 0.25) is 11.7 Å². The van der Waals surface area contributed by atoms with Crippen LogP contribution in [0.5, 0.6) is 0 Å². The number of carbonyl (C=O) groups is 3. The number of aryl methyl sites for hydroxylation is 2. The van der Waals surface area contributed by atoms with Gasteiger partial charge < -0.3 is 20.1 Å². The molecule has 7 heteroatoms. The predicted molar refractivity (Wildman–Crippen MR) is 108 cm³/mol. The van der Waals surface area contributed by atoms with Crippen LogP contribution < -0.4 is 10.6 Å². The van der Waals surface area contributed by atoms with Crippen molar-refractivity contribution in [3.05, 3.63) is 71.1 Å². The minimum atomic E-state index is -1.10. The number of nitrogens with one attached hydrogen (secondary N) is 2. The Morgan fingerprint density at radius 3 is 2.34 bits per heavy atom. The normalized spacial score (nSPS) is 14.2. The van der Waals surface area contributed by atoms with E-state index in [0.717, 1.165) is 11.1 Å². The molecular weight excluding hydrogens is 372 g/mol. The lowest BCUT2D eigenvalue weighted by molar-refractivity contribution is -0.150. The van der Waals surface area contributed by atoms with Crippen LogP contribution in [0.4, 0.5) is 11.4 Å². The molecule has 0 spiro atoms. The van der Waals surface area contributed by atoms with E-state index in [4.69, 9.17) is 9.47 Å². The molecule has 2 aromatic carbocycles. The van der Waals surface area contributed by atoms with Crippen LogP contribution in [0, 0.1) is 13.8 Å². The van der Waals surface area contributed by atoms with Gasteiger partial charge in [-0.15, -0.1) is 0 Å². The topological polar surface area (TPSA) is 93.7 Å². The molecule has 1 amide bonds. The molecule has 0 radical (unpaired) electrons. The maximum Gasteiger partial charge on any atom is 0.348 e. The van der Waals surface area contributed by atoms with E-state index in [0.29, 0.717) is 11.4 Å². The molecule has 0 bridgehead atoms. The first kappa shape index (κ1) is 20.1. The van der Waals surface area contributed by atoms with Crippen molar-refractivity contribution in [1.82, 2.24) is 0 Å². The average Bonchev–Trinajstić information content (AvgIpc) is 3.05. The fourth-order valence-corrected chi connectivity index (χ4v) is 2.88. The van der Waals surface area contributed by atoms with Gasteiger partial charge >= 0.3 is 5.97 Å². The van der Waals surface area contributed by atoms with Crippen molar-refractivity contribution in [2.45, 2.75) is 26.9 Å². The van der Waals surface area contributed by atoms with Crippen LogP contribution in [-0.2, 0) is 23.9 Å². The third kappa shape index (κ3) is 4.63. The average molecular weight is 394 g/mol. The number of esters is 1. The largest absolute Gasteiger partial charge is 0.470 e. The Kier molecular flexibility index (Phi) is 5.97. The van der Waals surface area contributed by atoms with Crippen LogP contribution >= 0.6 is 0 Å². The lowest BCUT2D eigenvalue weighted by Gasteiger charge is -2.16. The highest BCUT2D eigenvalue weighted by molar-refractivity contribution is 6.20. The lowest BCUT2D eigenvalue weighted by atomic mass is 10.1. The maximum atomic E-state index is 12.6. The number of ketones is 1. The van der Waals surface area contributed by atoms with Crippen LogP contribution in [0.15, 0.2) is 60.0 Å². The first-order valence-corrected chi connectivity index (χ1v) is 9.17. The van der Waals surface area contributed by atoms with E-state index in [1.807, 2.05) is 38.1 Å². The molecule has 7 nitrogen and oxygen atoms in total. The van der Waals surface area contributed by atoms with E-state index < -0.39 is 23.8 Å². The van der Waals surface area contributed by atoms with Crippen molar-refractivity contribution >= 4 is 29.0 Å². The van der Waals surface area contributed by atoms with E-state index in [9.17, 15) is 14.4 Å². The molecule has 150 valence electrons. The zero-order valence-electron chi connectivity index (χ0n) is 16.4. The second-order valence-electron chi connectivity index (χ2n) is 6.71. The maximum absolute atomic E-state index is 12.6. The molecular formula is C22H22N2O5. The van der Waals surface area contributed by atoms with E-state index in [2.05, 4.69) is 10.6 Å². The summed E-state index contributed by atoms with van der Waals surface area (Å²) in [5.74, 6) is -1.88. The lowest BCUT2D eigenvalue weighted by Crippen LogP contribution is -2.32. The molecule has 29 heavy (non-hydrogen) atoms. The Labute approximate surface area is 168 Å². The molecule has 3 rings (SSSR count). The van der Waals surface area contributed by atoms with Gasteiger partial charge in [-0.3, -0.25) is 9.59 Å². The summed E-state index contributed by atoms with van der Waals surface area (Å²) < 4.78 is 10.5. The smallest absolute Gasteiger partial charge is 0.348 e. The summed E-state index contributed by atoms with van der Waals surface area (Å²) in [4.78, 5) is 37.2. The third-order valence-electron chi connectivity index (χ3n) is 4.47. The Hall–Kier alpha value is -3.61. The molecule has 0 saturated heterocycles. The first-order chi connectivity index (χ1) is 13.9. The highest BCUT2D eigenvalue weighted by Crippen LogP contribution is 2.22. The first-order valence-electron chi connectivity index (χ1n) is 9.17. The Morgan fingerprint density at radius 1 is 1.03 bits per heavy atom. The predicted octanol–water partition coefficient (Wildman–Crippen LogP) is 3.10. The van der Waals surface area contributed by atoms with Crippen LogP contribution in [0.1, 0.15) is 18.1 Å². The number of carbonyl (C=O) groups excluding carboxylic acids is 3. The second-order valence-corrected chi connectivity index (χ2v) is 6.71. The molecule has 0 unspecified atom stereocenters. The highest BCUT2D eigenvalue weighted by Gasteiger charge is 2.34. The molecule has 2 aromatic rings. The van der Waals surface area contributed by atoms with Crippen LogP contribution in [0.2, 0.25) is 0 Å². The summed E-state index contributed by atoms with van der Waals surface area (Å²) in [5, 5.41) is 5.67. The summed E-state index contributed by atoms with van der Waals surface area (Å²) in [7, 11) is 0. The summed E-state index contributed by atoms with van der Waals surface area (Å²) in [6, 6.07) is 14.6. The monoisotopic (exact) mass is 394 g/mol. The van der Waals surface area contributed by atoms with E-state index >= 15 is 0 Å². The van der Waals surface area contributed by atoms with Crippen molar-refractivity contribution in [1.29, 1.82) is 0 Å². The molecule has 2 N–H and O–H groups in total. The van der Waals surface area contributed by atoms with Crippen LogP contribution in [0.25, 0.3) is 0 Å². The standard InChI is InChI=1S/C22H22N2O5/c1-13-8-7-9-14(2)19(13)24-20(26)15(3)29-22(27)18-17(25)12-28-21(18)23-16-10-5-4-6-11-16/h4-11,15,23H,12H2,1-3H3,(H,24,26)/t15-/m0/s1. The second kappa shape index (κ2) is 8.60. The molecule has 0 aromatic heterocycles. The highest BCUT2D eigenvalue weighted by atomic mass is 16.6. The number of benzene rings is 2. The summed E-state index contributed by atoms with van der Waals surface area (Å²) >= 11 is 0. The number of rotatable bonds is 6. The number of para-hydroxylation sites is 2. The molecule has 1 heterocycles. The Balaban J connectivity index is 1.71. The van der Waals surface area contributed by atoms with Crippen molar-refractivity contribution in [2.24, 2.45) is 0 Å². The SMILES string of the molecule is Cc1cccc(C)c1NC(=O)[C@H](C)OC(=O)C1=C(Nc2ccccc2)OCC1=O. The van der Waals surface area contributed by atoms with Gasteiger partial charge in [0.1, 0.15) is 0 Å². The fraction of sp³-hybridized carbons (Fsp3) is 0.227. The minimum Gasteiger partial charge on any atom is -0.470 e. The summed E-state index contributed by atoms with van der Waals surface area (Å²) in [6.45, 7) is 4.94. The number of anilines is 2. The van der Waals surface area contributed by atoms with E-state index in [1.54, 1.807) is 24.3 Å². The number of hydrogen-bond acceptors (Lipinski definition) is 6. The Morgan fingerprint density at radius 2 is 1.69 bits per heavy atom. The number of Topliss-reactive ketones (excluding diaryl/α,β-unsaturated/α-hetero) is 1. The van der Waals surface area contributed by atoms with Gasteiger partial charge in [0.15, 0.2) is 18.3 Å². The van der Waals surface area contributed by atoms with Gasteiger partial charge in [0, 0.05) is 11.4 Å². The number of hydrogen-bond donors (Lipinski definition) is 2. The quantitative estimate of drug-likeness (QED) is 0.578. The number of ether oxygens (including phenoxy) is 2. The molecule has 1 atom stereocenters. The third-order valence-corrected chi connectivity index (χ3v) is 4.47. The summed E-state index contributed by atoms with van der Waals surface area (Å²) in [5.41, 5.74) is 2.89. The number of amides is 1. The van der Waals surface area contributed by atoms with Gasteiger partial charge in [-0.2, -0.15) is 0 Å². The molecule has 1 aliphatic heterocycles. The molecule has 0 saturated carbocycles. The minimum absolute atomic E-state index is 0.0218. The van der Waals surface area contributed by atoms with Gasteiger partial charge in [0.25, 0.3) is 5.91 Å². The fourth-order valence-electron chi connectivity index (χ4n) is 2.88. The van der Waals surface area contributed by atoms with Crippen molar-refractivity contribution in [3.8, 4) is 0 Å². The molecule has 0 fully saturated rings. The van der Waals surface area contributed by atoms with E-state index in [1.165, 1.54) is 6.92 Å². The zero-order valence-corrected chi connectivity index (χ0v) is 16.4. The van der Waals surface area contributed by atoms with Crippen molar-refractivity contribution < 1.29 is 23.9 Å². The van der Waals surface area contributed by atoms with Gasteiger partial charge in [-0.25, -0.2) is 4.79 Å². The van der Waals surface area contributed by atoms with Crippen LogP contribution in [0.3, 0.4) is 0 Å². The van der Waals surface area contributed by atoms with Crippen molar-refractivity contribution in [3.63, 3.8) is 0 Å². The van der Waals surface area contributed by atoms with Gasteiger partial charge in [0.05, 0.1) is 0 Å². The van der Waals surface area contributed by atoms with Crippen LogP contribution in [-0.4, -0.2) is 30.4 Å². The zero-order chi connectivity index (χ0) is 21.0. The molecule has 1 aliphatic rings. The summed E-state index contributed by atoms with van der Waals surface area (Å²) in [6.07, 6.45) is -1.10. The van der Waals surface area contributed by atoms with Crippen molar-refractivity contribution in [2.75, 3.05) is 17.2 Å². The Bertz CT molecular complexity index is 962. The van der Waals surface area contributed by atoms with Gasteiger partial charge in [-0.05, 0) is 44.0 Å². The van der Waals surface area contributed by atoms with Gasteiger partial charge in [-0.1, -0.05) is 36.4 Å². The molecule has 0 aliphatic carbocycles.